The van der Waals surface area contributed by atoms with E-state index < -0.39 is 0 Å². The van der Waals surface area contributed by atoms with Gasteiger partial charge in [-0.05, 0) is 51.3 Å². The Balaban J connectivity index is 1.62. The Morgan fingerprint density at radius 2 is 2.00 bits per heavy atom. The topological polar surface area (TPSA) is 44.4 Å². The van der Waals surface area contributed by atoms with Gasteiger partial charge in [-0.1, -0.05) is 17.7 Å². The summed E-state index contributed by atoms with van der Waals surface area (Å²) in [6.45, 7) is 5.99. The van der Waals surface area contributed by atoms with Crippen LogP contribution in [0.4, 0.5) is 10.5 Å². The average Bonchev–Trinajstić information content (AvgIpc) is 2.50. The molecule has 4 nitrogen and oxygen atoms in total. The van der Waals surface area contributed by atoms with Crippen molar-refractivity contribution < 1.29 is 4.79 Å². The van der Waals surface area contributed by atoms with E-state index >= 15 is 0 Å². The largest absolute Gasteiger partial charge is 0.324 e. The molecule has 1 spiro atoms. The predicted octanol–water partition coefficient (Wildman–Crippen LogP) is 2.99. The van der Waals surface area contributed by atoms with Crippen molar-refractivity contribution in [1.29, 1.82) is 0 Å². The van der Waals surface area contributed by atoms with Crippen LogP contribution in [-0.4, -0.2) is 37.1 Å². The fourth-order valence-electron chi connectivity index (χ4n) is 3.60. The first-order valence-corrected chi connectivity index (χ1v) is 8.00. The first-order valence-electron chi connectivity index (χ1n) is 8.00. The number of anilines is 1. The minimum atomic E-state index is 0.0449. The molecule has 0 bridgehead atoms. The first kappa shape index (κ1) is 14.4. The highest BCUT2D eigenvalue weighted by Crippen LogP contribution is 2.36. The molecule has 0 radical (unpaired) electrons. The number of nitrogens with one attached hydrogen (secondary N) is 2. The van der Waals surface area contributed by atoms with Gasteiger partial charge in [0, 0.05) is 30.7 Å². The van der Waals surface area contributed by atoms with Gasteiger partial charge in [-0.2, -0.15) is 0 Å². The lowest BCUT2D eigenvalue weighted by molar-refractivity contribution is 0.0861. The van der Waals surface area contributed by atoms with Crippen molar-refractivity contribution in [2.45, 2.75) is 32.6 Å². The molecular formula is C17H25N3O. The van der Waals surface area contributed by atoms with Crippen LogP contribution in [-0.2, 0) is 0 Å². The van der Waals surface area contributed by atoms with Gasteiger partial charge in [0.25, 0.3) is 0 Å². The highest BCUT2D eigenvalue weighted by Gasteiger charge is 2.37. The van der Waals surface area contributed by atoms with Crippen LogP contribution in [0.2, 0.25) is 0 Å². The normalized spacial score (nSPS) is 25.9. The number of aryl methyl sites for hydroxylation is 1. The number of urea groups is 1. The Kier molecular flexibility index (Phi) is 4.15. The molecule has 1 aromatic rings. The Morgan fingerprint density at radius 3 is 2.71 bits per heavy atom. The molecule has 21 heavy (non-hydrogen) atoms. The van der Waals surface area contributed by atoms with Crippen molar-refractivity contribution in [2.75, 3.05) is 31.5 Å². The summed E-state index contributed by atoms with van der Waals surface area (Å²) in [5.41, 5.74) is 2.39. The second-order valence-corrected chi connectivity index (χ2v) is 6.60. The van der Waals surface area contributed by atoms with E-state index in [0.29, 0.717) is 5.41 Å². The molecule has 1 unspecified atom stereocenters. The number of carbonyl (C=O) groups excluding carboxylic acids is 1. The third kappa shape index (κ3) is 3.38. The zero-order chi connectivity index (χ0) is 14.7. The van der Waals surface area contributed by atoms with E-state index in [1.165, 1.54) is 24.8 Å². The average molecular weight is 287 g/mol. The maximum Gasteiger partial charge on any atom is 0.321 e. The zero-order valence-electron chi connectivity index (χ0n) is 12.8. The lowest BCUT2D eigenvalue weighted by Gasteiger charge is -2.45. The molecule has 2 heterocycles. The van der Waals surface area contributed by atoms with Crippen molar-refractivity contribution in [3.8, 4) is 0 Å². The van der Waals surface area contributed by atoms with Gasteiger partial charge in [0.1, 0.15) is 0 Å². The fraction of sp³-hybridized carbons (Fsp3) is 0.588. The number of amides is 2. The van der Waals surface area contributed by atoms with Crippen LogP contribution in [0.1, 0.15) is 31.2 Å². The summed E-state index contributed by atoms with van der Waals surface area (Å²) in [5, 5.41) is 6.53. The molecule has 2 aliphatic rings. The molecule has 0 saturated carbocycles. The molecule has 2 saturated heterocycles. The molecule has 4 heteroatoms. The number of hydrogen-bond acceptors (Lipinski definition) is 2. The maximum atomic E-state index is 12.5. The van der Waals surface area contributed by atoms with Gasteiger partial charge in [0.2, 0.25) is 0 Å². The summed E-state index contributed by atoms with van der Waals surface area (Å²) >= 11 is 0. The van der Waals surface area contributed by atoms with E-state index in [-0.39, 0.29) is 6.03 Å². The van der Waals surface area contributed by atoms with Gasteiger partial charge in [-0.15, -0.1) is 0 Å². The molecule has 1 atom stereocenters. The third-order valence-electron chi connectivity index (χ3n) is 4.81. The summed E-state index contributed by atoms with van der Waals surface area (Å²) in [6, 6.07) is 8.03. The quantitative estimate of drug-likeness (QED) is 0.834. The van der Waals surface area contributed by atoms with E-state index in [9.17, 15) is 4.79 Å². The van der Waals surface area contributed by atoms with Crippen molar-refractivity contribution >= 4 is 11.7 Å². The number of nitrogens with zero attached hydrogens (tertiary/aromatic N) is 1. The van der Waals surface area contributed by atoms with Crippen LogP contribution in [0.5, 0.6) is 0 Å². The number of benzene rings is 1. The standard InChI is InChI=1S/C17H25N3O/c1-14-4-6-15(7-5-14)19-16(21)20-11-3-9-17(13-20)8-2-10-18-12-17/h4-7,18H,2-3,8-13H2,1H3,(H,19,21). The van der Waals surface area contributed by atoms with E-state index in [4.69, 9.17) is 0 Å². The van der Waals surface area contributed by atoms with Crippen LogP contribution < -0.4 is 10.6 Å². The van der Waals surface area contributed by atoms with Crippen molar-refractivity contribution in [3.63, 3.8) is 0 Å². The van der Waals surface area contributed by atoms with E-state index in [0.717, 1.165) is 38.3 Å². The molecule has 2 aliphatic heterocycles. The Labute approximate surface area is 126 Å². The van der Waals surface area contributed by atoms with Gasteiger partial charge in [-0.3, -0.25) is 0 Å². The summed E-state index contributed by atoms with van der Waals surface area (Å²) in [5.74, 6) is 0. The Morgan fingerprint density at radius 1 is 1.24 bits per heavy atom. The SMILES string of the molecule is Cc1ccc(NC(=O)N2CCCC3(CCCNC3)C2)cc1. The Bertz CT molecular complexity index is 486. The van der Waals surface area contributed by atoms with Gasteiger partial charge < -0.3 is 15.5 Å². The monoisotopic (exact) mass is 287 g/mol. The van der Waals surface area contributed by atoms with Crippen molar-refractivity contribution in [3.05, 3.63) is 29.8 Å². The highest BCUT2D eigenvalue weighted by molar-refractivity contribution is 5.89. The minimum absolute atomic E-state index is 0.0449. The fourth-order valence-corrected chi connectivity index (χ4v) is 3.60. The van der Waals surface area contributed by atoms with Crippen molar-refractivity contribution in [1.82, 2.24) is 10.2 Å². The second-order valence-electron chi connectivity index (χ2n) is 6.60. The van der Waals surface area contributed by atoms with Crippen LogP contribution in [0, 0.1) is 12.3 Å². The van der Waals surface area contributed by atoms with Gasteiger partial charge >= 0.3 is 6.03 Å². The second kappa shape index (κ2) is 6.06. The number of likely N-dealkylation sites (tertiary alicyclic amines) is 1. The highest BCUT2D eigenvalue weighted by atomic mass is 16.2. The molecular weight excluding hydrogens is 262 g/mol. The lowest BCUT2D eigenvalue weighted by atomic mass is 9.74. The van der Waals surface area contributed by atoms with Gasteiger partial charge in [0.05, 0.1) is 0 Å². The van der Waals surface area contributed by atoms with Crippen LogP contribution in [0.3, 0.4) is 0 Å². The molecule has 2 amide bonds. The van der Waals surface area contributed by atoms with Crippen LogP contribution >= 0.6 is 0 Å². The van der Waals surface area contributed by atoms with E-state index in [2.05, 4.69) is 17.6 Å². The van der Waals surface area contributed by atoms with Crippen LogP contribution in [0.15, 0.2) is 24.3 Å². The van der Waals surface area contributed by atoms with Crippen molar-refractivity contribution in [2.24, 2.45) is 5.41 Å². The smallest absolute Gasteiger partial charge is 0.321 e. The molecule has 0 aromatic heterocycles. The third-order valence-corrected chi connectivity index (χ3v) is 4.81. The van der Waals surface area contributed by atoms with E-state index in [1.54, 1.807) is 0 Å². The number of carbonyl (C=O) groups is 1. The molecule has 2 fully saturated rings. The summed E-state index contributed by atoms with van der Waals surface area (Å²) in [6.07, 6.45) is 4.83. The number of piperidine rings is 2. The Hall–Kier alpha value is -1.55. The van der Waals surface area contributed by atoms with Crippen LogP contribution in [0.25, 0.3) is 0 Å². The summed E-state index contributed by atoms with van der Waals surface area (Å²) in [4.78, 5) is 14.5. The molecule has 3 rings (SSSR count). The number of hydrogen-bond donors (Lipinski definition) is 2. The van der Waals surface area contributed by atoms with Gasteiger partial charge in [-0.25, -0.2) is 4.79 Å². The molecule has 1 aromatic carbocycles. The first-order chi connectivity index (χ1) is 10.2. The van der Waals surface area contributed by atoms with E-state index in [1.807, 2.05) is 29.2 Å². The zero-order valence-corrected chi connectivity index (χ0v) is 12.8. The molecule has 114 valence electrons. The maximum absolute atomic E-state index is 12.5. The number of rotatable bonds is 1. The minimum Gasteiger partial charge on any atom is -0.324 e. The summed E-state index contributed by atoms with van der Waals surface area (Å²) in [7, 11) is 0. The summed E-state index contributed by atoms with van der Waals surface area (Å²) < 4.78 is 0. The molecule has 2 N–H and O–H groups in total. The lowest BCUT2D eigenvalue weighted by Crippen LogP contribution is -2.53. The molecule has 0 aliphatic carbocycles. The predicted molar refractivity (Wildman–Crippen MR) is 85.5 cm³/mol. The van der Waals surface area contributed by atoms with Gasteiger partial charge in [0.15, 0.2) is 0 Å².